The minimum atomic E-state index is -0.326. The Morgan fingerprint density at radius 2 is 2.20 bits per heavy atom. The summed E-state index contributed by atoms with van der Waals surface area (Å²) in [5.41, 5.74) is 0. The zero-order chi connectivity index (χ0) is 10.8. The molecule has 0 aromatic heterocycles. The fourth-order valence-corrected chi connectivity index (χ4v) is 1.85. The van der Waals surface area contributed by atoms with E-state index in [1.165, 1.54) is 4.90 Å². The predicted molar refractivity (Wildman–Crippen MR) is 53.3 cm³/mol. The molecule has 2 fully saturated rings. The second kappa shape index (κ2) is 4.18. The second-order valence-corrected chi connectivity index (χ2v) is 4.08. The summed E-state index contributed by atoms with van der Waals surface area (Å²) in [7, 11) is 1.63. The van der Waals surface area contributed by atoms with Crippen molar-refractivity contribution < 1.29 is 14.3 Å². The Labute approximate surface area is 88.8 Å². The van der Waals surface area contributed by atoms with Crippen molar-refractivity contribution >= 4 is 11.9 Å². The van der Waals surface area contributed by atoms with Crippen molar-refractivity contribution in [3.8, 4) is 0 Å². The SMILES string of the molecule is COCCCC1NC(=O)N(C2CC2)C1=O. The Morgan fingerprint density at radius 1 is 1.47 bits per heavy atom. The fraction of sp³-hybridized carbons (Fsp3) is 0.800. The van der Waals surface area contributed by atoms with Gasteiger partial charge in [-0.2, -0.15) is 0 Å². The summed E-state index contributed by atoms with van der Waals surface area (Å²) >= 11 is 0. The smallest absolute Gasteiger partial charge is 0.325 e. The number of hydrogen-bond acceptors (Lipinski definition) is 3. The Morgan fingerprint density at radius 3 is 2.80 bits per heavy atom. The first-order valence-corrected chi connectivity index (χ1v) is 5.36. The Hall–Kier alpha value is -1.10. The third-order valence-corrected chi connectivity index (χ3v) is 2.81. The molecule has 1 saturated heterocycles. The minimum absolute atomic E-state index is 0.0568. The van der Waals surface area contributed by atoms with Crippen LogP contribution in [-0.2, 0) is 9.53 Å². The minimum Gasteiger partial charge on any atom is -0.385 e. The molecule has 84 valence electrons. The van der Waals surface area contributed by atoms with Crippen molar-refractivity contribution in [1.82, 2.24) is 10.2 Å². The molecule has 5 nitrogen and oxygen atoms in total. The van der Waals surface area contributed by atoms with Crippen molar-refractivity contribution in [2.75, 3.05) is 13.7 Å². The zero-order valence-corrected chi connectivity index (χ0v) is 8.86. The number of nitrogens with one attached hydrogen (secondary N) is 1. The van der Waals surface area contributed by atoms with Gasteiger partial charge in [0.05, 0.1) is 0 Å². The molecule has 3 amide bonds. The topological polar surface area (TPSA) is 58.6 Å². The van der Waals surface area contributed by atoms with Crippen LogP contribution in [0.5, 0.6) is 0 Å². The molecule has 1 saturated carbocycles. The first kappa shape index (κ1) is 10.4. The van der Waals surface area contributed by atoms with Gasteiger partial charge in [-0.1, -0.05) is 0 Å². The molecule has 2 aliphatic rings. The summed E-state index contributed by atoms with van der Waals surface area (Å²) in [4.78, 5) is 24.7. The molecule has 0 aromatic rings. The van der Waals surface area contributed by atoms with E-state index in [-0.39, 0.29) is 24.0 Å². The fourth-order valence-electron chi connectivity index (χ4n) is 1.85. The number of methoxy groups -OCH3 is 1. The maximum absolute atomic E-state index is 11.8. The van der Waals surface area contributed by atoms with E-state index in [4.69, 9.17) is 4.74 Å². The number of ether oxygens (including phenoxy) is 1. The van der Waals surface area contributed by atoms with Gasteiger partial charge >= 0.3 is 6.03 Å². The largest absolute Gasteiger partial charge is 0.385 e. The summed E-state index contributed by atoms with van der Waals surface area (Å²) in [5.74, 6) is -0.0568. The van der Waals surface area contributed by atoms with Crippen LogP contribution in [0.15, 0.2) is 0 Å². The lowest BCUT2D eigenvalue weighted by atomic mass is 10.1. The second-order valence-electron chi connectivity index (χ2n) is 4.08. The van der Waals surface area contributed by atoms with E-state index in [0.717, 1.165) is 19.3 Å². The van der Waals surface area contributed by atoms with E-state index in [1.54, 1.807) is 7.11 Å². The third kappa shape index (κ3) is 2.12. The lowest BCUT2D eigenvalue weighted by Crippen LogP contribution is -2.33. The van der Waals surface area contributed by atoms with E-state index in [1.807, 2.05) is 0 Å². The van der Waals surface area contributed by atoms with Crippen LogP contribution in [0.3, 0.4) is 0 Å². The predicted octanol–water partition coefficient (Wildman–Crippen LogP) is 0.496. The quantitative estimate of drug-likeness (QED) is 0.533. The lowest BCUT2D eigenvalue weighted by molar-refractivity contribution is -0.128. The summed E-state index contributed by atoms with van der Waals surface area (Å²) < 4.78 is 4.91. The van der Waals surface area contributed by atoms with Crippen LogP contribution >= 0.6 is 0 Å². The van der Waals surface area contributed by atoms with Crippen LogP contribution in [-0.4, -0.2) is 42.6 Å². The van der Waals surface area contributed by atoms with Crippen molar-refractivity contribution in [2.45, 2.75) is 37.8 Å². The molecule has 0 spiro atoms. The molecule has 1 atom stereocenters. The van der Waals surface area contributed by atoms with Crippen LogP contribution < -0.4 is 5.32 Å². The van der Waals surface area contributed by atoms with Crippen LogP contribution in [0, 0.1) is 0 Å². The van der Waals surface area contributed by atoms with Crippen molar-refractivity contribution in [1.29, 1.82) is 0 Å². The monoisotopic (exact) mass is 212 g/mol. The standard InChI is InChI=1S/C10H16N2O3/c1-15-6-2-3-8-9(13)12(7-4-5-7)10(14)11-8/h7-8H,2-6H2,1H3,(H,11,14). The van der Waals surface area contributed by atoms with E-state index in [0.29, 0.717) is 13.0 Å². The molecule has 1 N–H and O–H groups in total. The molecule has 0 bridgehead atoms. The number of imide groups is 1. The van der Waals surface area contributed by atoms with E-state index in [9.17, 15) is 9.59 Å². The summed E-state index contributed by atoms with van der Waals surface area (Å²) in [6.45, 7) is 0.628. The maximum atomic E-state index is 11.8. The van der Waals surface area contributed by atoms with Gasteiger partial charge in [0, 0.05) is 19.8 Å². The van der Waals surface area contributed by atoms with Crippen LogP contribution in [0.2, 0.25) is 0 Å². The normalized spacial score (nSPS) is 25.9. The molecule has 1 aliphatic heterocycles. The molecule has 1 aliphatic carbocycles. The number of nitrogens with zero attached hydrogens (tertiary/aromatic N) is 1. The summed E-state index contributed by atoms with van der Waals surface area (Å²) in [6, 6.07) is -0.372. The summed E-state index contributed by atoms with van der Waals surface area (Å²) in [5, 5.41) is 2.72. The van der Waals surface area contributed by atoms with E-state index >= 15 is 0 Å². The molecular weight excluding hydrogens is 196 g/mol. The highest BCUT2D eigenvalue weighted by Crippen LogP contribution is 2.30. The number of amides is 3. The Balaban J connectivity index is 1.87. The van der Waals surface area contributed by atoms with Gasteiger partial charge in [0.1, 0.15) is 6.04 Å². The number of carbonyl (C=O) groups is 2. The number of hydrogen-bond donors (Lipinski definition) is 1. The molecule has 15 heavy (non-hydrogen) atoms. The number of rotatable bonds is 5. The van der Waals surface area contributed by atoms with Gasteiger partial charge in [0.15, 0.2) is 0 Å². The maximum Gasteiger partial charge on any atom is 0.325 e. The van der Waals surface area contributed by atoms with Gasteiger partial charge in [0.2, 0.25) is 0 Å². The van der Waals surface area contributed by atoms with Crippen molar-refractivity contribution in [3.63, 3.8) is 0 Å². The lowest BCUT2D eigenvalue weighted by Gasteiger charge is -2.10. The average Bonchev–Trinajstić information content (AvgIpc) is 2.97. The van der Waals surface area contributed by atoms with Gasteiger partial charge in [-0.15, -0.1) is 0 Å². The highest BCUT2D eigenvalue weighted by Gasteiger charge is 2.45. The highest BCUT2D eigenvalue weighted by molar-refractivity contribution is 6.04. The van der Waals surface area contributed by atoms with Crippen LogP contribution in [0.4, 0.5) is 4.79 Å². The van der Waals surface area contributed by atoms with Crippen LogP contribution in [0.1, 0.15) is 25.7 Å². The molecular formula is C10H16N2O3. The number of carbonyl (C=O) groups excluding carboxylic acids is 2. The Bertz CT molecular complexity index is 276. The van der Waals surface area contributed by atoms with Crippen LogP contribution in [0.25, 0.3) is 0 Å². The van der Waals surface area contributed by atoms with Gasteiger partial charge in [-0.3, -0.25) is 9.69 Å². The van der Waals surface area contributed by atoms with Gasteiger partial charge in [-0.25, -0.2) is 4.79 Å². The zero-order valence-electron chi connectivity index (χ0n) is 8.86. The first-order chi connectivity index (χ1) is 7.24. The number of urea groups is 1. The van der Waals surface area contributed by atoms with Gasteiger partial charge in [0.25, 0.3) is 5.91 Å². The van der Waals surface area contributed by atoms with Gasteiger partial charge < -0.3 is 10.1 Å². The Kier molecular flexibility index (Phi) is 2.90. The molecule has 2 rings (SSSR count). The highest BCUT2D eigenvalue weighted by atomic mass is 16.5. The third-order valence-electron chi connectivity index (χ3n) is 2.81. The molecule has 1 heterocycles. The molecule has 0 aromatic carbocycles. The van der Waals surface area contributed by atoms with Gasteiger partial charge in [-0.05, 0) is 25.7 Å². The van der Waals surface area contributed by atoms with Crippen molar-refractivity contribution in [3.05, 3.63) is 0 Å². The van der Waals surface area contributed by atoms with E-state index in [2.05, 4.69) is 5.32 Å². The first-order valence-electron chi connectivity index (χ1n) is 5.36. The average molecular weight is 212 g/mol. The van der Waals surface area contributed by atoms with E-state index < -0.39 is 0 Å². The molecule has 5 heteroatoms. The molecule has 0 radical (unpaired) electrons. The van der Waals surface area contributed by atoms with Crippen molar-refractivity contribution in [2.24, 2.45) is 0 Å². The molecule has 1 unspecified atom stereocenters. The summed E-state index contributed by atoms with van der Waals surface area (Å²) in [6.07, 6.45) is 3.39.